The van der Waals surface area contributed by atoms with Crippen molar-refractivity contribution >= 4 is 23.2 Å². The molecule has 0 N–H and O–H groups in total. The van der Waals surface area contributed by atoms with Gasteiger partial charge < -0.3 is 9.80 Å². The van der Waals surface area contributed by atoms with Crippen molar-refractivity contribution in [1.82, 2.24) is 14.7 Å². The van der Waals surface area contributed by atoms with E-state index in [1.807, 2.05) is 15.9 Å². The molecule has 1 aromatic heterocycles. The molecule has 0 bridgehead atoms. The van der Waals surface area contributed by atoms with Crippen molar-refractivity contribution in [3.63, 3.8) is 0 Å². The number of likely N-dealkylation sites (tertiary alicyclic amines) is 1. The smallest absolute Gasteiger partial charge is 0.264 e. The van der Waals surface area contributed by atoms with E-state index < -0.39 is 0 Å². The third-order valence-electron chi connectivity index (χ3n) is 5.40. The number of hydrogen-bond acceptors (Lipinski definition) is 4. The molecule has 27 heavy (non-hydrogen) atoms. The summed E-state index contributed by atoms with van der Waals surface area (Å²) in [6.45, 7) is 10.6. The highest BCUT2D eigenvalue weighted by Crippen LogP contribution is 2.36. The molecule has 2 aliphatic rings. The number of nitrogens with zero attached hydrogens (tertiary/aromatic N) is 3. The molecule has 2 saturated heterocycles. The molecule has 0 spiro atoms. The Morgan fingerprint density at radius 1 is 1.15 bits per heavy atom. The van der Waals surface area contributed by atoms with Crippen LogP contribution in [0.2, 0.25) is 0 Å². The summed E-state index contributed by atoms with van der Waals surface area (Å²) in [6.07, 6.45) is 6.92. The SMILES string of the molecule is CC(=O)N1CCN(C(=O)c2ccc(C3CCCN3CC=CC(C)C)s2)CC1. The van der Waals surface area contributed by atoms with Gasteiger partial charge >= 0.3 is 0 Å². The number of carbonyl (C=O) groups is 2. The average Bonchev–Trinajstić information content (AvgIpc) is 3.30. The van der Waals surface area contributed by atoms with Crippen LogP contribution in [0.1, 0.15) is 54.2 Å². The molecule has 2 fully saturated rings. The van der Waals surface area contributed by atoms with E-state index in [1.54, 1.807) is 18.3 Å². The Morgan fingerprint density at radius 2 is 1.85 bits per heavy atom. The molecule has 1 atom stereocenters. The highest BCUT2D eigenvalue weighted by Gasteiger charge is 2.28. The van der Waals surface area contributed by atoms with E-state index in [-0.39, 0.29) is 11.8 Å². The Morgan fingerprint density at radius 3 is 2.52 bits per heavy atom. The standard InChI is InChI=1S/C21H31N3O2S/c1-16(2)6-4-10-23-11-5-7-18(23)19-8-9-20(27-19)21(26)24-14-12-22(13-15-24)17(3)25/h4,6,8-9,16,18H,5,7,10-15H2,1-3H3. The minimum Gasteiger partial charge on any atom is -0.339 e. The summed E-state index contributed by atoms with van der Waals surface area (Å²) in [5.41, 5.74) is 0. The van der Waals surface area contributed by atoms with Crippen LogP contribution in [0.5, 0.6) is 0 Å². The lowest BCUT2D eigenvalue weighted by molar-refractivity contribution is -0.130. The van der Waals surface area contributed by atoms with Crippen molar-refractivity contribution in [3.8, 4) is 0 Å². The first kappa shape index (κ1) is 20.1. The lowest BCUT2D eigenvalue weighted by Crippen LogP contribution is -2.49. The van der Waals surface area contributed by atoms with Gasteiger partial charge in [0.2, 0.25) is 5.91 Å². The van der Waals surface area contributed by atoms with E-state index in [0.717, 1.165) is 18.0 Å². The number of thiophene rings is 1. The van der Waals surface area contributed by atoms with Gasteiger partial charge in [0.15, 0.2) is 0 Å². The molecule has 0 radical (unpaired) electrons. The number of allylic oxidation sites excluding steroid dienone is 1. The molecular weight excluding hydrogens is 358 g/mol. The predicted molar refractivity (Wildman–Crippen MR) is 110 cm³/mol. The van der Waals surface area contributed by atoms with Gasteiger partial charge in [0.05, 0.1) is 4.88 Å². The summed E-state index contributed by atoms with van der Waals surface area (Å²) in [5, 5.41) is 0. The van der Waals surface area contributed by atoms with Crippen LogP contribution in [0.15, 0.2) is 24.3 Å². The van der Waals surface area contributed by atoms with Crippen molar-refractivity contribution < 1.29 is 9.59 Å². The second-order valence-electron chi connectivity index (χ2n) is 7.83. The second kappa shape index (κ2) is 9.02. The maximum Gasteiger partial charge on any atom is 0.264 e. The molecular formula is C21H31N3O2S. The van der Waals surface area contributed by atoms with Gasteiger partial charge in [0.1, 0.15) is 0 Å². The zero-order valence-electron chi connectivity index (χ0n) is 16.7. The number of amides is 2. The Bertz CT molecular complexity index is 689. The summed E-state index contributed by atoms with van der Waals surface area (Å²) >= 11 is 1.64. The fourth-order valence-corrected chi connectivity index (χ4v) is 5.01. The van der Waals surface area contributed by atoms with Gasteiger partial charge in [-0.15, -0.1) is 11.3 Å². The molecule has 0 aliphatic carbocycles. The third-order valence-corrected chi connectivity index (χ3v) is 6.58. The van der Waals surface area contributed by atoms with E-state index in [0.29, 0.717) is 38.1 Å². The molecule has 2 aliphatic heterocycles. The summed E-state index contributed by atoms with van der Waals surface area (Å²) in [6, 6.07) is 4.56. The van der Waals surface area contributed by atoms with Crippen molar-refractivity contribution in [1.29, 1.82) is 0 Å². The number of piperazine rings is 1. The molecule has 3 heterocycles. The Hall–Kier alpha value is -1.66. The molecule has 5 nitrogen and oxygen atoms in total. The minimum absolute atomic E-state index is 0.0911. The molecule has 6 heteroatoms. The molecule has 3 rings (SSSR count). The van der Waals surface area contributed by atoms with E-state index in [1.165, 1.54) is 17.7 Å². The summed E-state index contributed by atoms with van der Waals surface area (Å²) in [4.78, 5) is 32.6. The summed E-state index contributed by atoms with van der Waals surface area (Å²) in [7, 11) is 0. The molecule has 2 amide bonds. The van der Waals surface area contributed by atoms with Crippen LogP contribution in [-0.2, 0) is 4.79 Å². The van der Waals surface area contributed by atoms with Crippen molar-refractivity contribution in [2.75, 3.05) is 39.3 Å². The topological polar surface area (TPSA) is 43.9 Å². The van der Waals surface area contributed by atoms with Gasteiger partial charge in [-0.05, 0) is 37.4 Å². The normalized spacial score (nSPS) is 21.6. The van der Waals surface area contributed by atoms with Crippen LogP contribution in [0.3, 0.4) is 0 Å². The summed E-state index contributed by atoms with van der Waals surface area (Å²) in [5.74, 6) is 0.785. The van der Waals surface area contributed by atoms with Crippen LogP contribution < -0.4 is 0 Å². The predicted octanol–water partition coefficient (Wildman–Crippen LogP) is 3.40. The van der Waals surface area contributed by atoms with Crippen LogP contribution in [0, 0.1) is 5.92 Å². The highest BCUT2D eigenvalue weighted by molar-refractivity contribution is 7.14. The van der Waals surface area contributed by atoms with Gasteiger partial charge in [-0.2, -0.15) is 0 Å². The van der Waals surface area contributed by atoms with Crippen LogP contribution in [0.25, 0.3) is 0 Å². The Labute approximate surface area is 166 Å². The quantitative estimate of drug-likeness (QED) is 0.725. The van der Waals surface area contributed by atoms with Crippen LogP contribution in [0.4, 0.5) is 0 Å². The fraction of sp³-hybridized carbons (Fsp3) is 0.619. The maximum atomic E-state index is 12.8. The molecule has 148 valence electrons. The zero-order chi connectivity index (χ0) is 19.4. The van der Waals surface area contributed by atoms with Gasteiger partial charge in [0.25, 0.3) is 5.91 Å². The van der Waals surface area contributed by atoms with Gasteiger partial charge in [0, 0.05) is 50.6 Å². The van der Waals surface area contributed by atoms with Crippen LogP contribution >= 0.6 is 11.3 Å². The Kier molecular flexibility index (Phi) is 6.71. The lowest BCUT2D eigenvalue weighted by atomic mass is 10.1. The number of hydrogen-bond donors (Lipinski definition) is 0. The van der Waals surface area contributed by atoms with Crippen LogP contribution in [-0.4, -0.2) is 65.8 Å². The molecule has 1 unspecified atom stereocenters. The van der Waals surface area contributed by atoms with Gasteiger partial charge in [-0.25, -0.2) is 0 Å². The highest BCUT2D eigenvalue weighted by atomic mass is 32.1. The minimum atomic E-state index is 0.0911. The first-order chi connectivity index (χ1) is 13.0. The zero-order valence-corrected chi connectivity index (χ0v) is 17.5. The average molecular weight is 390 g/mol. The Balaban J connectivity index is 1.60. The maximum absolute atomic E-state index is 12.8. The van der Waals surface area contributed by atoms with E-state index in [2.05, 4.69) is 37.0 Å². The van der Waals surface area contributed by atoms with E-state index in [9.17, 15) is 9.59 Å². The van der Waals surface area contributed by atoms with Crippen molar-refractivity contribution in [2.45, 2.75) is 39.7 Å². The monoisotopic (exact) mass is 389 g/mol. The first-order valence-corrected chi connectivity index (χ1v) is 10.8. The largest absolute Gasteiger partial charge is 0.339 e. The molecule has 1 aromatic rings. The number of rotatable bonds is 5. The summed E-state index contributed by atoms with van der Waals surface area (Å²) < 4.78 is 0. The van der Waals surface area contributed by atoms with Gasteiger partial charge in [-0.1, -0.05) is 26.0 Å². The van der Waals surface area contributed by atoms with E-state index in [4.69, 9.17) is 0 Å². The van der Waals surface area contributed by atoms with Crippen molar-refractivity contribution in [2.24, 2.45) is 5.92 Å². The van der Waals surface area contributed by atoms with E-state index >= 15 is 0 Å². The van der Waals surface area contributed by atoms with Crippen molar-refractivity contribution in [3.05, 3.63) is 34.0 Å². The first-order valence-electron chi connectivity index (χ1n) is 10.0. The van der Waals surface area contributed by atoms with Gasteiger partial charge in [-0.3, -0.25) is 14.5 Å². The lowest BCUT2D eigenvalue weighted by Gasteiger charge is -2.34. The molecule has 0 saturated carbocycles. The fourth-order valence-electron chi connectivity index (χ4n) is 3.86. The number of carbonyl (C=O) groups excluding carboxylic acids is 2. The third kappa shape index (κ3) is 4.99. The second-order valence-corrected chi connectivity index (χ2v) is 8.94. The molecule has 0 aromatic carbocycles.